The molecule has 0 radical (unpaired) electrons. The average molecular weight is 279 g/mol. The lowest BCUT2D eigenvalue weighted by molar-refractivity contribution is -0.121. The van der Waals surface area contributed by atoms with Gasteiger partial charge in [0.05, 0.1) is 6.54 Å². The lowest BCUT2D eigenvalue weighted by Gasteiger charge is -2.05. The Hall–Kier alpha value is -2.62. The maximum absolute atomic E-state index is 11.8. The third kappa shape index (κ3) is 3.48. The SMILES string of the molecule is O=C(CCc1ccc2ccccc2c1)NCc1ncc[nH]1. The number of carbonyl (C=O) groups excluding carboxylic acids is 1. The summed E-state index contributed by atoms with van der Waals surface area (Å²) < 4.78 is 0. The molecule has 0 saturated heterocycles. The lowest BCUT2D eigenvalue weighted by Crippen LogP contribution is -2.23. The number of nitrogens with zero attached hydrogens (tertiary/aromatic N) is 1. The number of aromatic nitrogens is 2. The highest BCUT2D eigenvalue weighted by molar-refractivity contribution is 5.83. The molecule has 3 rings (SSSR count). The minimum absolute atomic E-state index is 0.0413. The first-order chi connectivity index (χ1) is 10.3. The fourth-order valence-electron chi connectivity index (χ4n) is 2.32. The first-order valence-corrected chi connectivity index (χ1v) is 7.04. The van der Waals surface area contributed by atoms with Gasteiger partial charge in [-0.2, -0.15) is 0 Å². The standard InChI is InChI=1S/C17H17N3O/c21-17(20-12-16-18-9-10-19-16)8-6-13-5-7-14-3-1-2-4-15(14)11-13/h1-5,7,9-11H,6,8,12H2,(H,18,19)(H,20,21). The van der Waals surface area contributed by atoms with Crippen LogP contribution in [0, 0.1) is 0 Å². The van der Waals surface area contributed by atoms with Crippen LogP contribution in [0.2, 0.25) is 0 Å². The lowest BCUT2D eigenvalue weighted by atomic mass is 10.0. The van der Waals surface area contributed by atoms with Crippen molar-refractivity contribution in [2.75, 3.05) is 0 Å². The van der Waals surface area contributed by atoms with Crippen molar-refractivity contribution in [3.63, 3.8) is 0 Å². The summed E-state index contributed by atoms with van der Waals surface area (Å²) in [6.07, 6.45) is 4.65. The molecule has 106 valence electrons. The van der Waals surface area contributed by atoms with Crippen LogP contribution >= 0.6 is 0 Å². The van der Waals surface area contributed by atoms with E-state index in [9.17, 15) is 4.79 Å². The molecule has 4 heteroatoms. The zero-order chi connectivity index (χ0) is 14.5. The van der Waals surface area contributed by atoms with Crippen LogP contribution in [0.15, 0.2) is 54.9 Å². The Labute approximate surface area is 123 Å². The summed E-state index contributed by atoms with van der Waals surface area (Å²) in [5.41, 5.74) is 1.18. The van der Waals surface area contributed by atoms with Gasteiger partial charge in [-0.15, -0.1) is 0 Å². The van der Waals surface area contributed by atoms with Gasteiger partial charge in [0.25, 0.3) is 0 Å². The molecule has 0 spiro atoms. The first-order valence-electron chi connectivity index (χ1n) is 7.04. The number of carbonyl (C=O) groups is 1. The summed E-state index contributed by atoms with van der Waals surface area (Å²) in [6.45, 7) is 0.448. The van der Waals surface area contributed by atoms with Crippen molar-refractivity contribution >= 4 is 16.7 Å². The second kappa shape index (κ2) is 6.22. The van der Waals surface area contributed by atoms with Crippen LogP contribution in [0.5, 0.6) is 0 Å². The van der Waals surface area contributed by atoms with E-state index in [1.165, 1.54) is 16.3 Å². The highest BCUT2D eigenvalue weighted by atomic mass is 16.1. The van der Waals surface area contributed by atoms with E-state index in [0.717, 1.165) is 12.2 Å². The Kier molecular flexibility index (Phi) is 3.96. The van der Waals surface area contributed by atoms with E-state index in [4.69, 9.17) is 0 Å². The normalized spacial score (nSPS) is 10.7. The minimum atomic E-state index is 0.0413. The predicted octanol–water partition coefficient (Wildman–Crippen LogP) is 2.81. The fourth-order valence-corrected chi connectivity index (χ4v) is 2.32. The molecule has 3 aromatic rings. The van der Waals surface area contributed by atoms with Crippen molar-refractivity contribution in [1.29, 1.82) is 0 Å². The molecule has 4 nitrogen and oxygen atoms in total. The number of rotatable bonds is 5. The van der Waals surface area contributed by atoms with Crippen LogP contribution in [0.4, 0.5) is 0 Å². The molecule has 0 saturated carbocycles. The van der Waals surface area contributed by atoms with Crippen molar-refractivity contribution < 1.29 is 4.79 Å². The summed E-state index contributed by atoms with van der Waals surface area (Å²) >= 11 is 0. The number of hydrogen-bond acceptors (Lipinski definition) is 2. The van der Waals surface area contributed by atoms with E-state index in [2.05, 4.69) is 45.6 Å². The Morgan fingerprint density at radius 3 is 2.81 bits per heavy atom. The molecule has 1 heterocycles. The number of benzene rings is 2. The Bertz CT molecular complexity index is 735. The summed E-state index contributed by atoms with van der Waals surface area (Å²) in [6, 6.07) is 14.6. The number of imidazole rings is 1. The predicted molar refractivity (Wildman–Crippen MR) is 82.7 cm³/mol. The van der Waals surface area contributed by atoms with Gasteiger partial charge < -0.3 is 10.3 Å². The monoisotopic (exact) mass is 279 g/mol. The second-order valence-corrected chi connectivity index (χ2v) is 4.99. The summed E-state index contributed by atoms with van der Waals surface area (Å²) in [5, 5.41) is 5.30. The van der Waals surface area contributed by atoms with Crippen molar-refractivity contribution in [2.24, 2.45) is 0 Å². The number of amides is 1. The molecule has 0 aliphatic rings. The van der Waals surface area contributed by atoms with E-state index in [0.29, 0.717) is 13.0 Å². The number of nitrogens with one attached hydrogen (secondary N) is 2. The Balaban J connectivity index is 1.54. The molecule has 1 amide bonds. The van der Waals surface area contributed by atoms with Crippen molar-refractivity contribution in [3.05, 3.63) is 66.2 Å². The average Bonchev–Trinajstić information content (AvgIpc) is 3.04. The molecule has 0 atom stereocenters. The van der Waals surface area contributed by atoms with Gasteiger partial charge in [0.2, 0.25) is 5.91 Å². The first kappa shape index (κ1) is 13.4. The number of hydrogen-bond donors (Lipinski definition) is 2. The number of aryl methyl sites for hydroxylation is 1. The van der Waals surface area contributed by atoms with Crippen LogP contribution in [0.1, 0.15) is 17.8 Å². The largest absolute Gasteiger partial charge is 0.349 e. The topological polar surface area (TPSA) is 57.8 Å². The molecule has 0 fully saturated rings. The molecule has 0 aliphatic heterocycles. The van der Waals surface area contributed by atoms with E-state index in [-0.39, 0.29) is 5.91 Å². The fraction of sp³-hybridized carbons (Fsp3) is 0.176. The van der Waals surface area contributed by atoms with Gasteiger partial charge >= 0.3 is 0 Å². The highest BCUT2D eigenvalue weighted by Crippen LogP contribution is 2.16. The molecule has 21 heavy (non-hydrogen) atoms. The highest BCUT2D eigenvalue weighted by Gasteiger charge is 2.04. The summed E-state index contributed by atoms with van der Waals surface area (Å²) in [4.78, 5) is 18.9. The van der Waals surface area contributed by atoms with Crippen LogP contribution in [-0.4, -0.2) is 15.9 Å². The quantitative estimate of drug-likeness (QED) is 0.754. The summed E-state index contributed by atoms with van der Waals surface area (Å²) in [5.74, 6) is 0.814. The molecule has 0 aliphatic carbocycles. The third-order valence-electron chi connectivity index (χ3n) is 3.46. The van der Waals surface area contributed by atoms with Crippen molar-refractivity contribution in [3.8, 4) is 0 Å². The van der Waals surface area contributed by atoms with Gasteiger partial charge in [-0.3, -0.25) is 4.79 Å². The van der Waals surface area contributed by atoms with Crippen molar-refractivity contribution in [2.45, 2.75) is 19.4 Å². The van der Waals surface area contributed by atoms with Gasteiger partial charge in [-0.25, -0.2) is 4.98 Å². The van der Waals surface area contributed by atoms with Crippen LogP contribution in [0.3, 0.4) is 0 Å². The van der Waals surface area contributed by atoms with E-state index in [1.807, 2.05) is 12.1 Å². The number of fused-ring (bicyclic) bond motifs is 1. The number of H-pyrrole nitrogens is 1. The maximum Gasteiger partial charge on any atom is 0.220 e. The van der Waals surface area contributed by atoms with Gasteiger partial charge in [0.1, 0.15) is 5.82 Å². The minimum Gasteiger partial charge on any atom is -0.349 e. The Morgan fingerprint density at radius 1 is 1.14 bits per heavy atom. The zero-order valence-electron chi connectivity index (χ0n) is 11.7. The van der Waals surface area contributed by atoms with Crippen molar-refractivity contribution in [1.82, 2.24) is 15.3 Å². The van der Waals surface area contributed by atoms with Gasteiger partial charge in [0, 0.05) is 18.8 Å². The second-order valence-electron chi connectivity index (χ2n) is 4.99. The van der Waals surface area contributed by atoms with Gasteiger partial charge in [0.15, 0.2) is 0 Å². The molecule has 0 bridgehead atoms. The van der Waals surface area contributed by atoms with E-state index >= 15 is 0 Å². The summed E-state index contributed by atoms with van der Waals surface area (Å²) in [7, 11) is 0. The maximum atomic E-state index is 11.8. The molecular formula is C17H17N3O. The third-order valence-corrected chi connectivity index (χ3v) is 3.46. The van der Waals surface area contributed by atoms with E-state index in [1.54, 1.807) is 12.4 Å². The molecule has 2 N–H and O–H groups in total. The van der Waals surface area contributed by atoms with Gasteiger partial charge in [-0.1, -0.05) is 42.5 Å². The zero-order valence-corrected chi connectivity index (χ0v) is 11.7. The van der Waals surface area contributed by atoms with Gasteiger partial charge in [-0.05, 0) is 22.8 Å². The molecule has 1 aromatic heterocycles. The van der Waals surface area contributed by atoms with Crippen LogP contribution < -0.4 is 5.32 Å². The smallest absolute Gasteiger partial charge is 0.220 e. The van der Waals surface area contributed by atoms with Crippen LogP contribution in [-0.2, 0) is 17.8 Å². The van der Waals surface area contributed by atoms with E-state index < -0.39 is 0 Å². The van der Waals surface area contributed by atoms with Crippen LogP contribution in [0.25, 0.3) is 10.8 Å². The Morgan fingerprint density at radius 2 is 2.00 bits per heavy atom. The molecule has 2 aromatic carbocycles. The molecular weight excluding hydrogens is 262 g/mol. The molecule has 0 unspecified atom stereocenters. The number of aromatic amines is 1.